The van der Waals surface area contributed by atoms with E-state index in [4.69, 9.17) is 7.85 Å². The summed E-state index contributed by atoms with van der Waals surface area (Å²) in [7, 11) is 7.47. The Morgan fingerprint density at radius 3 is 2.77 bits per heavy atom. The van der Waals surface area contributed by atoms with Crippen LogP contribution in [0.4, 0.5) is 0 Å². The van der Waals surface area contributed by atoms with Crippen LogP contribution in [-0.4, -0.2) is 21.4 Å². The molecule has 2 radical (unpaired) electrons. The first-order valence-electron chi connectivity index (χ1n) is 4.97. The summed E-state index contributed by atoms with van der Waals surface area (Å²) < 4.78 is 0. The van der Waals surface area contributed by atoms with Gasteiger partial charge >= 0.3 is 0 Å². The molecule has 0 heterocycles. The standard InChI is InChI=1S/C10H19BN2/c1-3-4-5-6-7-8-10(11)9-13-12-2/h4-5,10H,3,6-9H2,1-2H3. The lowest BCUT2D eigenvalue weighted by Gasteiger charge is -2.05. The van der Waals surface area contributed by atoms with Crippen molar-refractivity contribution in [2.75, 3.05) is 13.6 Å². The first-order chi connectivity index (χ1) is 6.31. The van der Waals surface area contributed by atoms with Gasteiger partial charge in [-0.3, -0.25) is 0 Å². The van der Waals surface area contributed by atoms with E-state index < -0.39 is 0 Å². The summed E-state index contributed by atoms with van der Waals surface area (Å²) >= 11 is 0. The monoisotopic (exact) mass is 178 g/mol. The molecule has 0 aromatic heterocycles. The van der Waals surface area contributed by atoms with Crippen molar-refractivity contribution in [1.82, 2.24) is 0 Å². The minimum Gasteiger partial charge on any atom is -0.198 e. The summed E-state index contributed by atoms with van der Waals surface area (Å²) in [6.45, 7) is 2.80. The second kappa shape index (κ2) is 9.49. The third-order valence-corrected chi connectivity index (χ3v) is 1.81. The smallest absolute Gasteiger partial charge is 0.0725 e. The van der Waals surface area contributed by atoms with E-state index in [1.54, 1.807) is 7.05 Å². The highest BCUT2D eigenvalue weighted by Gasteiger charge is 1.98. The molecule has 0 amide bonds. The number of hydrogen-bond acceptors (Lipinski definition) is 2. The first-order valence-corrected chi connectivity index (χ1v) is 4.97. The number of unbranched alkanes of at least 4 members (excludes halogenated alkanes) is 1. The maximum Gasteiger partial charge on any atom is 0.0725 e. The van der Waals surface area contributed by atoms with Crippen LogP contribution in [0.15, 0.2) is 22.4 Å². The Morgan fingerprint density at radius 2 is 2.15 bits per heavy atom. The molecule has 72 valence electrons. The minimum atomic E-state index is 0.179. The van der Waals surface area contributed by atoms with Crippen LogP contribution in [0.3, 0.4) is 0 Å². The third-order valence-electron chi connectivity index (χ3n) is 1.81. The molecule has 0 saturated heterocycles. The highest BCUT2D eigenvalue weighted by Crippen LogP contribution is 2.11. The van der Waals surface area contributed by atoms with Crippen molar-refractivity contribution >= 4 is 7.85 Å². The summed E-state index contributed by atoms with van der Waals surface area (Å²) in [6.07, 6.45) is 8.84. The Morgan fingerprint density at radius 1 is 1.38 bits per heavy atom. The lowest BCUT2D eigenvalue weighted by Crippen LogP contribution is -1.96. The molecule has 0 rings (SSSR count). The fourth-order valence-corrected chi connectivity index (χ4v) is 1.06. The van der Waals surface area contributed by atoms with Crippen molar-refractivity contribution in [3.05, 3.63) is 12.2 Å². The Balaban J connectivity index is 3.26. The van der Waals surface area contributed by atoms with Gasteiger partial charge in [-0.25, -0.2) is 0 Å². The zero-order valence-electron chi connectivity index (χ0n) is 8.74. The molecule has 2 nitrogen and oxygen atoms in total. The van der Waals surface area contributed by atoms with Crippen molar-refractivity contribution in [2.45, 2.75) is 38.4 Å². The van der Waals surface area contributed by atoms with E-state index >= 15 is 0 Å². The summed E-state index contributed by atoms with van der Waals surface area (Å²) in [5.41, 5.74) is 0. The van der Waals surface area contributed by atoms with Gasteiger partial charge in [-0.1, -0.05) is 37.7 Å². The van der Waals surface area contributed by atoms with Gasteiger partial charge < -0.3 is 0 Å². The molecule has 0 aliphatic rings. The number of azo groups is 1. The predicted octanol–water partition coefficient (Wildman–Crippen LogP) is 3.16. The van der Waals surface area contributed by atoms with Crippen molar-refractivity contribution in [2.24, 2.45) is 10.2 Å². The molecule has 1 atom stereocenters. The second-order valence-corrected chi connectivity index (χ2v) is 3.09. The van der Waals surface area contributed by atoms with Crippen molar-refractivity contribution in [3.63, 3.8) is 0 Å². The van der Waals surface area contributed by atoms with Crippen LogP contribution in [0.2, 0.25) is 5.82 Å². The summed E-state index contributed by atoms with van der Waals surface area (Å²) in [5, 5.41) is 7.53. The van der Waals surface area contributed by atoms with Crippen LogP contribution < -0.4 is 0 Å². The van der Waals surface area contributed by atoms with Crippen molar-refractivity contribution in [1.29, 1.82) is 0 Å². The zero-order chi connectivity index (χ0) is 9.94. The minimum absolute atomic E-state index is 0.179. The maximum absolute atomic E-state index is 5.80. The number of rotatable bonds is 7. The van der Waals surface area contributed by atoms with Gasteiger partial charge in [-0.15, -0.1) is 0 Å². The lowest BCUT2D eigenvalue weighted by molar-refractivity contribution is 0.680. The number of hydrogen-bond donors (Lipinski definition) is 0. The lowest BCUT2D eigenvalue weighted by atomic mass is 9.83. The van der Waals surface area contributed by atoms with Gasteiger partial charge in [0.15, 0.2) is 0 Å². The van der Waals surface area contributed by atoms with Crippen LogP contribution in [0, 0.1) is 0 Å². The van der Waals surface area contributed by atoms with Crippen LogP contribution in [0.5, 0.6) is 0 Å². The van der Waals surface area contributed by atoms with E-state index in [-0.39, 0.29) is 5.82 Å². The van der Waals surface area contributed by atoms with Gasteiger partial charge in [-0.05, 0) is 12.8 Å². The van der Waals surface area contributed by atoms with E-state index in [0.29, 0.717) is 6.54 Å². The number of allylic oxidation sites excluding steroid dienone is 2. The van der Waals surface area contributed by atoms with Gasteiger partial charge in [-0.2, -0.15) is 10.2 Å². The first kappa shape index (κ1) is 12.4. The zero-order valence-corrected chi connectivity index (χ0v) is 8.74. The molecule has 0 spiro atoms. The molecule has 0 saturated carbocycles. The average molecular weight is 178 g/mol. The molecular weight excluding hydrogens is 159 g/mol. The van der Waals surface area contributed by atoms with Crippen molar-refractivity contribution in [3.8, 4) is 0 Å². The van der Waals surface area contributed by atoms with Crippen LogP contribution in [-0.2, 0) is 0 Å². The highest BCUT2D eigenvalue weighted by atomic mass is 15.1. The second-order valence-electron chi connectivity index (χ2n) is 3.09. The molecule has 1 unspecified atom stereocenters. The van der Waals surface area contributed by atoms with E-state index in [2.05, 4.69) is 29.3 Å². The van der Waals surface area contributed by atoms with Gasteiger partial charge in [0.1, 0.15) is 0 Å². The van der Waals surface area contributed by atoms with Gasteiger partial charge in [0, 0.05) is 7.05 Å². The molecule has 0 aliphatic heterocycles. The van der Waals surface area contributed by atoms with Crippen LogP contribution >= 0.6 is 0 Å². The fraction of sp³-hybridized carbons (Fsp3) is 0.800. The third kappa shape index (κ3) is 9.32. The van der Waals surface area contributed by atoms with Gasteiger partial charge in [0.05, 0.1) is 14.4 Å². The molecule has 0 aromatic rings. The Kier molecular flexibility index (Phi) is 9.06. The summed E-state index contributed by atoms with van der Waals surface area (Å²) in [6, 6.07) is 0. The summed E-state index contributed by atoms with van der Waals surface area (Å²) in [4.78, 5) is 0. The Bertz CT molecular complexity index is 155. The Labute approximate surface area is 82.9 Å². The molecule has 13 heavy (non-hydrogen) atoms. The molecule has 0 fully saturated rings. The average Bonchev–Trinajstić information content (AvgIpc) is 2.14. The summed E-state index contributed by atoms with van der Waals surface area (Å²) in [5.74, 6) is 0.179. The predicted molar refractivity (Wildman–Crippen MR) is 58.4 cm³/mol. The quantitative estimate of drug-likeness (QED) is 0.247. The van der Waals surface area contributed by atoms with E-state index in [1.165, 1.54) is 0 Å². The van der Waals surface area contributed by atoms with E-state index in [9.17, 15) is 0 Å². The fourth-order valence-electron chi connectivity index (χ4n) is 1.06. The molecule has 3 heteroatoms. The van der Waals surface area contributed by atoms with E-state index in [0.717, 1.165) is 25.7 Å². The van der Waals surface area contributed by atoms with E-state index in [1.807, 2.05) is 0 Å². The highest BCUT2D eigenvalue weighted by molar-refractivity contribution is 6.11. The molecule has 0 aliphatic carbocycles. The van der Waals surface area contributed by atoms with Crippen molar-refractivity contribution < 1.29 is 0 Å². The van der Waals surface area contributed by atoms with Gasteiger partial charge in [0.2, 0.25) is 0 Å². The SMILES string of the molecule is [B]C(CCCC=CCC)CN=NC. The molecule has 0 bridgehead atoms. The molecular formula is C10H19BN2. The largest absolute Gasteiger partial charge is 0.198 e. The molecule has 0 aromatic carbocycles. The van der Waals surface area contributed by atoms with Crippen LogP contribution in [0.1, 0.15) is 32.6 Å². The normalized spacial score (nSPS) is 14.3. The van der Waals surface area contributed by atoms with Crippen LogP contribution in [0.25, 0.3) is 0 Å². The van der Waals surface area contributed by atoms with Gasteiger partial charge in [0.25, 0.3) is 0 Å². The number of nitrogens with zero attached hydrogens (tertiary/aromatic N) is 2. The Hall–Kier alpha value is -0.595. The maximum atomic E-state index is 5.80. The molecule has 0 N–H and O–H groups in total. The topological polar surface area (TPSA) is 24.7 Å².